The van der Waals surface area contributed by atoms with Gasteiger partial charge in [0, 0.05) is 42.0 Å². The Bertz CT molecular complexity index is 1040. The lowest BCUT2D eigenvalue weighted by Gasteiger charge is -2.45. The molecule has 4 atom stereocenters. The van der Waals surface area contributed by atoms with Crippen molar-refractivity contribution in [3.8, 4) is 11.3 Å². The monoisotopic (exact) mass is 491 g/mol. The molecule has 2 aromatic rings. The molecule has 0 N–H and O–H groups in total. The first-order valence-electron chi connectivity index (χ1n) is 13.4. The van der Waals surface area contributed by atoms with Gasteiger partial charge in [-0.05, 0) is 71.0 Å². The van der Waals surface area contributed by atoms with Gasteiger partial charge < -0.3 is 20.1 Å². The lowest BCUT2D eigenvalue weighted by atomic mass is 9.77. The minimum absolute atomic E-state index is 0.147. The van der Waals surface area contributed by atoms with E-state index in [1.807, 2.05) is 35.2 Å². The maximum absolute atomic E-state index is 13.5. The van der Waals surface area contributed by atoms with Crippen LogP contribution in [0.25, 0.3) is 11.3 Å². The molecular weight excluding hydrogens is 452 g/mol. The predicted octanol–water partition coefficient (Wildman–Crippen LogP) is 4.97. The number of hydrogen-bond acceptors (Lipinski definition) is 5. The number of carbonyl (C=O) groups is 2. The molecule has 0 radical (unpaired) electrons. The second-order valence-corrected chi connectivity index (χ2v) is 10.6. The van der Waals surface area contributed by atoms with E-state index in [0.29, 0.717) is 41.7 Å². The van der Waals surface area contributed by atoms with Crippen LogP contribution in [0.15, 0.2) is 48.7 Å². The summed E-state index contributed by atoms with van der Waals surface area (Å²) in [6.07, 6.45) is 7.13. The van der Waals surface area contributed by atoms with Crippen LogP contribution in [-0.2, 0) is 4.79 Å². The molecule has 2 aliphatic rings. The Kier molecular flexibility index (Phi) is 8.42. The number of hydrogen-bond donors (Lipinski definition) is 0. The second kappa shape index (κ2) is 11.5. The number of likely N-dealkylation sites (tertiary alicyclic amines) is 1. The van der Waals surface area contributed by atoms with Gasteiger partial charge in [-0.25, -0.2) is 0 Å². The van der Waals surface area contributed by atoms with E-state index in [9.17, 15) is 14.8 Å². The van der Waals surface area contributed by atoms with Gasteiger partial charge in [-0.2, -0.15) is 0 Å². The number of rotatable bonds is 8. The maximum atomic E-state index is 13.5. The van der Waals surface area contributed by atoms with Crippen LogP contribution in [0.4, 0.5) is 0 Å². The van der Waals surface area contributed by atoms with Crippen LogP contribution in [-0.4, -0.2) is 69.4 Å². The average molecular weight is 492 g/mol. The van der Waals surface area contributed by atoms with Crippen LogP contribution in [0.3, 0.4) is 0 Å². The van der Waals surface area contributed by atoms with Gasteiger partial charge in [-0.15, -0.1) is 0 Å². The van der Waals surface area contributed by atoms with Crippen molar-refractivity contribution in [2.24, 2.45) is 5.92 Å². The van der Waals surface area contributed by atoms with E-state index < -0.39 is 11.9 Å². The predicted molar refractivity (Wildman–Crippen MR) is 142 cm³/mol. The highest BCUT2D eigenvalue weighted by molar-refractivity contribution is 5.99. The number of aromatic nitrogens is 1. The molecule has 1 saturated heterocycles. The third-order valence-electron chi connectivity index (χ3n) is 8.14. The van der Waals surface area contributed by atoms with Crippen LogP contribution >= 0.6 is 0 Å². The van der Waals surface area contributed by atoms with Gasteiger partial charge in [-0.1, -0.05) is 43.7 Å². The van der Waals surface area contributed by atoms with Crippen LogP contribution in [0.1, 0.15) is 69.7 Å². The van der Waals surface area contributed by atoms with E-state index >= 15 is 0 Å². The van der Waals surface area contributed by atoms with Crippen molar-refractivity contribution in [2.45, 2.75) is 83.5 Å². The Hall–Kier alpha value is -2.77. The van der Waals surface area contributed by atoms with Gasteiger partial charge in [0.1, 0.15) is 6.04 Å². The van der Waals surface area contributed by atoms with Crippen molar-refractivity contribution < 1.29 is 9.59 Å². The molecule has 194 valence electrons. The Morgan fingerprint density at radius 2 is 1.92 bits per heavy atom. The van der Waals surface area contributed by atoms with Crippen LogP contribution in [0, 0.1) is 11.1 Å². The lowest BCUT2D eigenvalue weighted by molar-refractivity contribution is -0.135. The van der Waals surface area contributed by atoms with E-state index in [-0.39, 0.29) is 17.5 Å². The van der Waals surface area contributed by atoms with Gasteiger partial charge >= 0.3 is 0 Å². The molecule has 2 heterocycles. The minimum atomic E-state index is -0.954. The Morgan fingerprint density at radius 1 is 1.17 bits per heavy atom. The molecule has 0 spiro atoms. The summed E-state index contributed by atoms with van der Waals surface area (Å²) in [6, 6.07) is 12.9. The third-order valence-corrected chi connectivity index (χ3v) is 8.14. The van der Waals surface area contributed by atoms with Gasteiger partial charge in [-0.3, -0.25) is 14.6 Å². The standard InChI is InChI=1S/C29H39N4O3/c1-5-9-22-18-24(31(4)20(2)3)12-13-26(22)32-17-15-27(29(32)35)33(36)28(34)23-14-16-30-25(19-23)21-10-7-6-8-11-21/h6-8,10-11,14,16,19-20,22,24,26-27H,5,9,12-13,15,17-18H2,1-4H3/q-1/t22-,24-,26+,27+/m1/s1. The fraction of sp³-hybridized carbons (Fsp3) is 0.552. The van der Waals surface area contributed by atoms with Crippen molar-refractivity contribution in [3.63, 3.8) is 0 Å². The molecule has 1 saturated carbocycles. The van der Waals surface area contributed by atoms with E-state index in [4.69, 9.17) is 0 Å². The molecule has 1 aromatic heterocycles. The topological polar surface area (TPSA) is 79.8 Å². The molecule has 7 nitrogen and oxygen atoms in total. The summed E-state index contributed by atoms with van der Waals surface area (Å²) < 4.78 is 0. The fourth-order valence-corrected chi connectivity index (χ4v) is 5.94. The summed E-state index contributed by atoms with van der Waals surface area (Å²) in [6.45, 7) is 7.18. The van der Waals surface area contributed by atoms with Gasteiger partial charge in [0.25, 0.3) is 0 Å². The zero-order valence-electron chi connectivity index (χ0n) is 22.0. The molecule has 1 aliphatic carbocycles. The molecular formula is C29H39N4O3-. The van der Waals surface area contributed by atoms with E-state index in [2.05, 4.69) is 37.7 Å². The zero-order valence-corrected chi connectivity index (χ0v) is 22.0. The molecule has 2 amide bonds. The Morgan fingerprint density at radius 3 is 2.61 bits per heavy atom. The lowest BCUT2D eigenvalue weighted by Crippen LogP contribution is -2.51. The summed E-state index contributed by atoms with van der Waals surface area (Å²) in [5, 5.41) is 13.6. The smallest absolute Gasteiger partial charge is 0.244 e. The number of pyridine rings is 1. The van der Waals surface area contributed by atoms with Crippen molar-refractivity contribution >= 4 is 11.8 Å². The SMILES string of the molecule is CCC[C@@H]1C[C@H](N(C)C(C)C)CC[C@@H]1N1CC[C@H](N([O-])C(=O)c2ccnc(-c3ccccc3)c2)C1=O. The maximum Gasteiger partial charge on any atom is 0.244 e. The van der Waals surface area contributed by atoms with Crippen molar-refractivity contribution in [3.05, 3.63) is 59.4 Å². The molecule has 36 heavy (non-hydrogen) atoms. The first-order valence-corrected chi connectivity index (χ1v) is 13.4. The molecule has 2 fully saturated rings. The van der Waals surface area contributed by atoms with E-state index in [0.717, 1.165) is 37.7 Å². The molecule has 0 unspecified atom stereocenters. The first-order chi connectivity index (χ1) is 17.3. The largest absolute Gasteiger partial charge is 0.755 e. The summed E-state index contributed by atoms with van der Waals surface area (Å²) in [7, 11) is 2.19. The van der Waals surface area contributed by atoms with Gasteiger partial charge in [0.05, 0.1) is 5.69 Å². The average Bonchev–Trinajstić information content (AvgIpc) is 3.28. The summed E-state index contributed by atoms with van der Waals surface area (Å²) in [5.41, 5.74) is 1.75. The van der Waals surface area contributed by atoms with E-state index in [1.54, 1.807) is 12.1 Å². The normalized spacial score (nSPS) is 24.5. The molecule has 4 rings (SSSR count). The summed E-state index contributed by atoms with van der Waals surface area (Å²) in [4.78, 5) is 35.3. The van der Waals surface area contributed by atoms with Crippen molar-refractivity contribution in [1.29, 1.82) is 0 Å². The fourth-order valence-electron chi connectivity index (χ4n) is 5.94. The second-order valence-electron chi connectivity index (χ2n) is 10.6. The summed E-state index contributed by atoms with van der Waals surface area (Å²) >= 11 is 0. The van der Waals surface area contributed by atoms with Crippen LogP contribution in [0.2, 0.25) is 0 Å². The number of amides is 2. The minimum Gasteiger partial charge on any atom is -0.755 e. The van der Waals surface area contributed by atoms with Gasteiger partial charge in [0.2, 0.25) is 11.8 Å². The van der Waals surface area contributed by atoms with Crippen LogP contribution in [0.5, 0.6) is 0 Å². The van der Waals surface area contributed by atoms with Crippen molar-refractivity contribution in [2.75, 3.05) is 13.6 Å². The number of benzene rings is 1. The number of hydroxylamine groups is 2. The highest BCUT2D eigenvalue weighted by Gasteiger charge is 2.43. The highest BCUT2D eigenvalue weighted by atomic mass is 16.5. The number of nitrogens with zero attached hydrogens (tertiary/aromatic N) is 4. The molecule has 1 aliphatic heterocycles. The van der Waals surface area contributed by atoms with E-state index in [1.165, 1.54) is 6.20 Å². The van der Waals surface area contributed by atoms with Gasteiger partial charge in [0.15, 0.2) is 0 Å². The highest BCUT2D eigenvalue weighted by Crippen LogP contribution is 2.37. The number of carbonyl (C=O) groups excluding carboxylic acids is 2. The Balaban J connectivity index is 1.45. The van der Waals surface area contributed by atoms with Crippen LogP contribution < -0.4 is 0 Å². The Labute approximate surface area is 215 Å². The summed E-state index contributed by atoms with van der Waals surface area (Å²) in [5.74, 6) is -0.457. The molecule has 1 aromatic carbocycles. The quantitative estimate of drug-likeness (QED) is 0.487. The molecule has 0 bridgehead atoms. The first kappa shape index (κ1) is 26.3. The molecule has 7 heteroatoms. The zero-order chi connectivity index (χ0) is 25.8. The third kappa shape index (κ3) is 5.47. The van der Waals surface area contributed by atoms with Crippen molar-refractivity contribution in [1.82, 2.24) is 19.8 Å².